The van der Waals surface area contributed by atoms with Crippen molar-refractivity contribution in [2.75, 3.05) is 13.4 Å². The number of fused-ring (bicyclic) bond motifs is 3. The molecule has 4 unspecified atom stereocenters. The molecule has 0 bridgehead atoms. The van der Waals surface area contributed by atoms with E-state index < -0.39 is 6.16 Å². The summed E-state index contributed by atoms with van der Waals surface area (Å²) in [5, 5.41) is 0. The van der Waals surface area contributed by atoms with E-state index >= 15 is 0 Å². The Morgan fingerprint density at radius 1 is 1.23 bits per heavy atom. The van der Waals surface area contributed by atoms with E-state index in [1.807, 2.05) is 0 Å². The molecule has 0 amide bonds. The third-order valence-corrected chi connectivity index (χ3v) is 2.88. The van der Waals surface area contributed by atoms with Crippen LogP contribution in [0.1, 0.15) is 6.42 Å². The zero-order chi connectivity index (χ0) is 8.84. The predicted molar refractivity (Wildman–Crippen MR) is 38.9 cm³/mol. The van der Waals surface area contributed by atoms with E-state index in [9.17, 15) is 4.79 Å². The van der Waals surface area contributed by atoms with Crippen molar-refractivity contribution in [1.82, 2.24) is 0 Å². The molecule has 1 aliphatic carbocycles. The highest BCUT2D eigenvalue weighted by molar-refractivity contribution is 5.61. The smallest absolute Gasteiger partial charge is 0.434 e. The van der Waals surface area contributed by atoms with Gasteiger partial charge in [-0.25, -0.2) is 4.79 Å². The van der Waals surface area contributed by atoms with Gasteiger partial charge in [0, 0.05) is 5.92 Å². The maximum Gasteiger partial charge on any atom is 0.508 e. The minimum absolute atomic E-state index is 0.0714. The van der Waals surface area contributed by atoms with Crippen LogP contribution >= 0.6 is 0 Å². The van der Waals surface area contributed by atoms with Crippen LogP contribution in [-0.4, -0.2) is 37.9 Å². The molecule has 0 aromatic rings. The Kier molecular flexibility index (Phi) is 1.51. The highest BCUT2D eigenvalue weighted by atomic mass is 16.8. The average molecular weight is 186 g/mol. The maximum atomic E-state index is 10.9. The van der Waals surface area contributed by atoms with E-state index in [0.29, 0.717) is 13.4 Å². The standard InChI is InChI=1S/C8H10O5/c9-8-10-2-4-1-5-7(6(4)13-8)12-3-11-5/h4-7H,1-3H2. The van der Waals surface area contributed by atoms with Crippen molar-refractivity contribution < 1.29 is 23.7 Å². The molecule has 3 aliphatic rings. The maximum absolute atomic E-state index is 10.9. The Morgan fingerprint density at radius 3 is 3.08 bits per heavy atom. The topological polar surface area (TPSA) is 54.0 Å². The minimum atomic E-state index is -0.586. The Labute approximate surface area is 74.9 Å². The van der Waals surface area contributed by atoms with Crippen molar-refractivity contribution in [2.45, 2.75) is 24.7 Å². The number of hydrogen-bond acceptors (Lipinski definition) is 5. The van der Waals surface area contributed by atoms with E-state index in [4.69, 9.17) is 18.9 Å². The van der Waals surface area contributed by atoms with Gasteiger partial charge in [-0.2, -0.15) is 0 Å². The van der Waals surface area contributed by atoms with E-state index in [0.717, 1.165) is 6.42 Å². The van der Waals surface area contributed by atoms with E-state index in [-0.39, 0.29) is 24.2 Å². The zero-order valence-electron chi connectivity index (χ0n) is 6.97. The number of rotatable bonds is 0. The van der Waals surface area contributed by atoms with Crippen LogP contribution in [0.4, 0.5) is 4.79 Å². The molecule has 0 N–H and O–H groups in total. The normalized spacial score (nSPS) is 47.8. The summed E-state index contributed by atoms with van der Waals surface area (Å²) in [7, 11) is 0. The first-order valence-corrected chi connectivity index (χ1v) is 4.41. The van der Waals surface area contributed by atoms with E-state index in [2.05, 4.69) is 0 Å². The summed E-state index contributed by atoms with van der Waals surface area (Å²) in [6.07, 6.45) is 0.135. The first kappa shape index (κ1) is 7.58. The zero-order valence-corrected chi connectivity index (χ0v) is 6.97. The van der Waals surface area contributed by atoms with Crippen LogP contribution in [0.25, 0.3) is 0 Å². The summed E-state index contributed by atoms with van der Waals surface area (Å²) in [5.74, 6) is 0.244. The van der Waals surface area contributed by atoms with Gasteiger partial charge in [-0.3, -0.25) is 0 Å². The SMILES string of the molecule is O=C1OCC2CC3OCOC3C2O1. The second-order valence-electron chi connectivity index (χ2n) is 3.59. The van der Waals surface area contributed by atoms with Crippen LogP contribution in [0.5, 0.6) is 0 Å². The first-order valence-electron chi connectivity index (χ1n) is 4.41. The minimum Gasteiger partial charge on any atom is -0.434 e. The Bertz CT molecular complexity index is 241. The lowest BCUT2D eigenvalue weighted by Crippen LogP contribution is -2.40. The summed E-state index contributed by atoms with van der Waals surface area (Å²) < 4.78 is 20.5. The molecule has 3 fully saturated rings. The van der Waals surface area contributed by atoms with Gasteiger partial charge in [-0.1, -0.05) is 0 Å². The lowest BCUT2D eigenvalue weighted by atomic mass is 10.1. The molecule has 1 saturated carbocycles. The number of cyclic esters (lactones) is 1. The van der Waals surface area contributed by atoms with E-state index in [1.165, 1.54) is 0 Å². The molecule has 0 aromatic heterocycles. The molecule has 0 aromatic carbocycles. The van der Waals surface area contributed by atoms with Gasteiger partial charge in [0.1, 0.15) is 25.6 Å². The number of ether oxygens (including phenoxy) is 4. The van der Waals surface area contributed by atoms with Gasteiger partial charge in [0.05, 0.1) is 6.10 Å². The number of carbonyl (C=O) groups is 1. The van der Waals surface area contributed by atoms with Gasteiger partial charge in [0.2, 0.25) is 0 Å². The third kappa shape index (κ3) is 1.04. The molecular weight excluding hydrogens is 176 g/mol. The molecule has 0 spiro atoms. The van der Waals surface area contributed by atoms with Crippen molar-refractivity contribution in [3.63, 3.8) is 0 Å². The van der Waals surface area contributed by atoms with Gasteiger partial charge >= 0.3 is 6.16 Å². The van der Waals surface area contributed by atoms with Gasteiger partial charge in [-0.15, -0.1) is 0 Å². The molecule has 13 heavy (non-hydrogen) atoms. The molecule has 2 saturated heterocycles. The Balaban J connectivity index is 1.81. The molecular formula is C8H10O5. The number of carbonyl (C=O) groups excluding carboxylic acids is 1. The lowest BCUT2D eigenvalue weighted by molar-refractivity contribution is -0.0950. The molecule has 5 nitrogen and oxygen atoms in total. The fraction of sp³-hybridized carbons (Fsp3) is 0.875. The highest BCUT2D eigenvalue weighted by Crippen LogP contribution is 2.38. The first-order chi connectivity index (χ1) is 6.34. The monoisotopic (exact) mass is 186 g/mol. The van der Waals surface area contributed by atoms with Crippen molar-refractivity contribution in [3.8, 4) is 0 Å². The number of hydrogen-bond donors (Lipinski definition) is 0. The quantitative estimate of drug-likeness (QED) is 0.509. The van der Waals surface area contributed by atoms with Crippen molar-refractivity contribution in [3.05, 3.63) is 0 Å². The van der Waals surface area contributed by atoms with Crippen LogP contribution in [0, 0.1) is 5.92 Å². The van der Waals surface area contributed by atoms with Gasteiger partial charge in [0.15, 0.2) is 0 Å². The largest absolute Gasteiger partial charge is 0.508 e. The molecule has 0 radical (unpaired) electrons. The lowest BCUT2D eigenvalue weighted by Gasteiger charge is -2.27. The van der Waals surface area contributed by atoms with E-state index in [1.54, 1.807) is 0 Å². The molecule has 2 heterocycles. The summed E-state index contributed by atoms with van der Waals surface area (Å²) >= 11 is 0. The molecule has 5 heteroatoms. The highest BCUT2D eigenvalue weighted by Gasteiger charge is 2.52. The summed E-state index contributed by atoms with van der Waals surface area (Å²) in [6.45, 7) is 0.750. The Hall–Kier alpha value is -0.810. The van der Waals surface area contributed by atoms with Crippen LogP contribution < -0.4 is 0 Å². The summed E-state index contributed by atoms with van der Waals surface area (Å²) in [4.78, 5) is 10.9. The molecule has 4 atom stereocenters. The van der Waals surface area contributed by atoms with Crippen LogP contribution in [0.3, 0.4) is 0 Å². The van der Waals surface area contributed by atoms with Crippen LogP contribution in [0.2, 0.25) is 0 Å². The molecule has 72 valence electrons. The van der Waals surface area contributed by atoms with Gasteiger partial charge in [-0.05, 0) is 6.42 Å². The third-order valence-electron chi connectivity index (χ3n) is 2.88. The second kappa shape index (κ2) is 2.59. The summed E-state index contributed by atoms with van der Waals surface area (Å²) in [5.41, 5.74) is 0. The van der Waals surface area contributed by atoms with Crippen LogP contribution in [0.15, 0.2) is 0 Å². The average Bonchev–Trinajstić information content (AvgIpc) is 2.64. The van der Waals surface area contributed by atoms with Crippen molar-refractivity contribution in [2.24, 2.45) is 5.92 Å². The van der Waals surface area contributed by atoms with Crippen molar-refractivity contribution in [1.29, 1.82) is 0 Å². The molecule has 2 aliphatic heterocycles. The van der Waals surface area contributed by atoms with Gasteiger partial charge in [0.25, 0.3) is 0 Å². The fourth-order valence-electron chi connectivity index (χ4n) is 2.26. The van der Waals surface area contributed by atoms with Gasteiger partial charge < -0.3 is 18.9 Å². The predicted octanol–water partition coefficient (Wildman–Crippen LogP) is 0.283. The summed E-state index contributed by atoms with van der Waals surface area (Å²) in [6, 6.07) is 0. The van der Waals surface area contributed by atoms with Crippen LogP contribution in [-0.2, 0) is 18.9 Å². The fourth-order valence-corrected chi connectivity index (χ4v) is 2.26. The second-order valence-corrected chi connectivity index (χ2v) is 3.59. The Morgan fingerprint density at radius 2 is 2.15 bits per heavy atom. The molecule has 3 rings (SSSR count). The van der Waals surface area contributed by atoms with Crippen molar-refractivity contribution >= 4 is 6.16 Å².